The second kappa shape index (κ2) is 14.4. The molecule has 1 N–H and O–H groups in total. The zero-order chi connectivity index (χ0) is 31.0. The van der Waals surface area contributed by atoms with E-state index < -0.39 is 40.2 Å². The van der Waals surface area contributed by atoms with Crippen molar-refractivity contribution in [2.24, 2.45) is 5.92 Å². The molecule has 0 aliphatic carbocycles. The first-order valence-corrected chi connectivity index (χ1v) is 15.0. The number of methoxy groups -OCH3 is 2. The van der Waals surface area contributed by atoms with Crippen LogP contribution in [0, 0.1) is 11.7 Å². The van der Waals surface area contributed by atoms with E-state index in [1.165, 1.54) is 49.5 Å². The Balaban J connectivity index is 2.06. The first-order valence-electron chi connectivity index (χ1n) is 13.2. The summed E-state index contributed by atoms with van der Waals surface area (Å²) in [4.78, 5) is 28.1. The lowest BCUT2D eigenvalue weighted by atomic mass is 10.1. The van der Waals surface area contributed by atoms with Crippen molar-refractivity contribution in [3.05, 3.63) is 83.1 Å². The smallest absolute Gasteiger partial charge is 0.264 e. The molecule has 3 aromatic rings. The summed E-state index contributed by atoms with van der Waals surface area (Å²) in [5, 5.41) is 3.21. The standard InChI is InChI=1S/C30H35ClFN3O6S/c1-20(2)17-33-30(37)21(3)34(18-22-8-6-7-9-26(22)31)29(36)19-35(24-12-10-23(32)11-13-24)42(38,39)25-14-15-27(40-4)28(16-25)41-5/h6-16,20-21H,17-19H2,1-5H3,(H,33,37)/t21-/m0/s1. The molecule has 42 heavy (non-hydrogen) atoms. The monoisotopic (exact) mass is 619 g/mol. The van der Waals surface area contributed by atoms with E-state index in [4.69, 9.17) is 21.1 Å². The summed E-state index contributed by atoms with van der Waals surface area (Å²) in [7, 11) is -1.61. The fraction of sp³-hybridized carbons (Fsp3) is 0.333. The normalized spacial score (nSPS) is 12.0. The number of halogens is 2. The highest BCUT2D eigenvalue weighted by atomic mass is 35.5. The number of nitrogens with zero attached hydrogens (tertiary/aromatic N) is 2. The van der Waals surface area contributed by atoms with Crippen molar-refractivity contribution in [2.75, 3.05) is 31.6 Å². The van der Waals surface area contributed by atoms with Crippen LogP contribution in [0.1, 0.15) is 26.3 Å². The molecule has 0 bridgehead atoms. The highest BCUT2D eigenvalue weighted by molar-refractivity contribution is 7.92. The third-order valence-electron chi connectivity index (χ3n) is 6.49. The Labute approximate surface area is 251 Å². The average molecular weight is 620 g/mol. The molecule has 226 valence electrons. The van der Waals surface area contributed by atoms with Crippen LogP contribution in [0.2, 0.25) is 5.02 Å². The van der Waals surface area contributed by atoms with Crippen LogP contribution in [0.3, 0.4) is 0 Å². The third kappa shape index (κ3) is 7.92. The predicted molar refractivity (Wildman–Crippen MR) is 160 cm³/mol. The van der Waals surface area contributed by atoms with Gasteiger partial charge in [-0.25, -0.2) is 12.8 Å². The molecule has 0 radical (unpaired) electrons. The number of benzene rings is 3. The highest BCUT2D eigenvalue weighted by Crippen LogP contribution is 2.32. The molecule has 0 saturated carbocycles. The molecule has 0 saturated heterocycles. The number of hydrogen-bond acceptors (Lipinski definition) is 6. The molecule has 12 heteroatoms. The van der Waals surface area contributed by atoms with Gasteiger partial charge in [-0.05, 0) is 60.9 Å². The van der Waals surface area contributed by atoms with E-state index in [0.717, 1.165) is 16.4 Å². The number of nitrogens with one attached hydrogen (secondary N) is 1. The molecule has 0 aromatic heterocycles. The van der Waals surface area contributed by atoms with Gasteiger partial charge in [-0.1, -0.05) is 43.6 Å². The number of carbonyl (C=O) groups is 2. The summed E-state index contributed by atoms with van der Waals surface area (Å²) in [5.41, 5.74) is 0.626. The van der Waals surface area contributed by atoms with Gasteiger partial charge < -0.3 is 19.7 Å². The predicted octanol–water partition coefficient (Wildman–Crippen LogP) is 4.88. The molecule has 3 rings (SSSR count). The van der Waals surface area contributed by atoms with Gasteiger partial charge in [-0.15, -0.1) is 0 Å². The number of anilines is 1. The van der Waals surface area contributed by atoms with Gasteiger partial charge in [0.25, 0.3) is 10.0 Å². The van der Waals surface area contributed by atoms with Crippen molar-refractivity contribution < 1.29 is 31.9 Å². The maximum absolute atomic E-state index is 14.0. The summed E-state index contributed by atoms with van der Waals surface area (Å²) in [6.45, 7) is 5.10. The minimum atomic E-state index is -4.40. The minimum absolute atomic E-state index is 0.0501. The quantitative estimate of drug-likeness (QED) is 0.292. The number of carbonyl (C=O) groups excluding carboxylic acids is 2. The molecule has 0 fully saturated rings. The molecule has 1 atom stereocenters. The van der Waals surface area contributed by atoms with E-state index in [2.05, 4.69) is 5.32 Å². The van der Waals surface area contributed by atoms with Gasteiger partial charge >= 0.3 is 0 Å². The Hall–Kier alpha value is -3.83. The van der Waals surface area contributed by atoms with Gasteiger partial charge in [0.1, 0.15) is 18.4 Å². The van der Waals surface area contributed by atoms with E-state index in [1.807, 2.05) is 13.8 Å². The molecular weight excluding hydrogens is 585 g/mol. The topological polar surface area (TPSA) is 105 Å². The van der Waals surface area contributed by atoms with Gasteiger partial charge in [-0.2, -0.15) is 0 Å². The zero-order valence-corrected chi connectivity index (χ0v) is 25.7. The Morgan fingerprint density at radius 3 is 2.19 bits per heavy atom. The summed E-state index contributed by atoms with van der Waals surface area (Å²) < 4.78 is 53.2. The van der Waals surface area contributed by atoms with E-state index in [-0.39, 0.29) is 28.8 Å². The maximum Gasteiger partial charge on any atom is 0.264 e. The molecule has 0 aliphatic rings. The molecule has 9 nitrogen and oxygen atoms in total. The van der Waals surface area contributed by atoms with Gasteiger partial charge in [0, 0.05) is 24.2 Å². The highest BCUT2D eigenvalue weighted by Gasteiger charge is 2.33. The van der Waals surface area contributed by atoms with E-state index in [1.54, 1.807) is 31.2 Å². The van der Waals surface area contributed by atoms with Crippen molar-refractivity contribution in [1.29, 1.82) is 0 Å². The van der Waals surface area contributed by atoms with Crippen LogP contribution in [0.4, 0.5) is 10.1 Å². The lowest BCUT2D eigenvalue weighted by Crippen LogP contribution is -2.51. The number of amides is 2. The largest absolute Gasteiger partial charge is 0.493 e. The van der Waals surface area contributed by atoms with Crippen molar-refractivity contribution >= 4 is 39.1 Å². The van der Waals surface area contributed by atoms with Crippen LogP contribution in [0.25, 0.3) is 0 Å². The third-order valence-corrected chi connectivity index (χ3v) is 8.63. The number of ether oxygens (including phenoxy) is 2. The average Bonchev–Trinajstić information content (AvgIpc) is 2.97. The van der Waals surface area contributed by atoms with Crippen molar-refractivity contribution in [3.63, 3.8) is 0 Å². The van der Waals surface area contributed by atoms with E-state index in [0.29, 0.717) is 22.9 Å². The molecule has 3 aromatic carbocycles. The molecular formula is C30H35ClFN3O6S. The Morgan fingerprint density at radius 1 is 0.952 bits per heavy atom. The fourth-order valence-electron chi connectivity index (χ4n) is 4.09. The maximum atomic E-state index is 14.0. The SMILES string of the molecule is COc1ccc(S(=O)(=O)N(CC(=O)N(Cc2ccccc2Cl)[C@@H](C)C(=O)NCC(C)C)c2ccc(F)cc2)cc1OC. The summed E-state index contributed by atoms with van der Waals surface area (Å²) in [6, 6.07) is 14.7. The van der Waals surface area contributed by atoms with Crippen LogP contribution in [-0.2, 0) is 26.2 Å². The molecule has 0 spiro atoms. The number of hydrogen-bond donors (Lipinski definition) is 1. The molecule has 2 amide bonds. The van der Waals surface area contributed by atoms with Crippen LogP contribution < -0.4 is 19.1 Å². The Kier molecular flexibility index (Phi) is 11.2. The van der Waals surface area contributed by atoms with E-state index in [9.17, 15) is 22.4 Å². The van der Waals surface area contributed by atoms with Gasteiger partial charge in [0.05, 0.1) is 24.8 Å². The van der Waals surface area contributed by atoms with Gasteiger partial charge in [0.15, 0.2) is 11.5 Å². The summed E-state index contributed by atoms with van der Waals surface area (Å²) in [5.74, 6) is -0.998. The van der Waals surface area contributed by atoms with Crippen LogP contribution in [0.15, 0.2) is 71.6 Å². The van der Waals surface area contributed by atoms with Gasteiger partial charge in [-0.3, -0.25) is 13.9 Å². The summed E-state index contributed by atoms with van der Waals surface area (Å²) >= 11 is 6.38. The summed E-state index contributed by atoms with van der Waals surface area (Å²) in [6.07, 6.45) is 0. The molecule has 0 heterocycles. The second-order valence-corrected chi connectivity index (χ2v) is 12.2. The lowest BCUT2D eigenvalue weighted by Gasteiger charge is -2.32. The van der Waals surface area contributed by atoms with Crippen molar-refractivity contribution in [2.45, 2.75) is 38.3 Å². The first kappa shape index (κ1) is 32.7. The molecule has 0 unspecified atom stereocenters. The van der Waals surface area contributed by atoms with Crippen molar-refractivity contribution in [3.8, 4) is 11.5 Å². The first-order chi connectivity index (χ1) is 19.9. The van der Waals surface area contributed by atoms with E-state index >= 15 is 0 Å². The Bertz CT molecular complexity index is 1500. The van der Waals surface area contributed by atoms with Crippen LogP contribution >= 0.6 is 11.6 Å². The number of rotatable bonds is 13. The minimum Gasteiger partial charge on any atom is -0.493 e. The Morgan fingerprint density at radius 2 is 1.60 bits per heavy atom. The van der Waals surface area contributed by atoms with Crippen LogP contribution in [0.5, 0.6) is 11.5 Å². The second-order valence-electron chi connectivity index (χ2n) is 9.93. The van der Waals surface area contributed by atoms with Gasteiger partial charge in [0.2, 0.25) is 11.8 Å². The fourth-order valence-corrected chi connectivity index (χ4v) is 5.71. The lowest BCUT2D eigenvalue weighted by molar-refractivity contribution is -0.139. The zero-order valence-electron chi connectivity index (χ0n) is 24.1. The van der Waals surface area contributed by atoms with Crippen LogP contribution in [-0.4, -0.2) is 58.5 Å². The number of sulfonamides is 1. The van der Waals surface area contributed by atoms with Crippen molar-refractivity contribution in [1.82, 2.24) is 10.2 Å². The molecule has 0 aliphatic heterocycles.